The molecule has 3 rings (SSSR count). The highest BCUT2D eigenvalue weighted by Gasteiger charge is 2.10. The third-order valence-electron chi connectivity index (χ3n) is 2.75. The molecule has 3 aromatic rings. The summed E-state index contributed by atoms with van der Waals surface area (Å²) in [6.45, 7) is 2.62. The van der Waals surface area contributed by atoms with Crippen LogP contribution in [0.2, 0.25) is 0 Å². The van der Waals surface area contributed by atoms with Crippen LogP contribution in [-0.4, -0.2) is 31.3 Å². The molecule has 0 unspecified atom stereocenters. The Morgan fingerprint density at radius 1 is 1.19 bits per heavy atom. The largest absolute Gasteiger partial charge is 0.354 e. The van der Waals surface area contributed by atoms with Crippen molar-refractivity contribution in [3.05, 3.63) is 48.5 Å². The average Bonchev–Trinajstić information content (AvgIpc) is 3.01. The minimum absolute atomic E-state index is 0.335. The van der Waals surface area contributed by atoms with Crippen molar-refractivity contribution in [2.45, 2.75) is 6.92 Å². The molecule has 0 spiro atoms. The van der Waals surface area contributed by atoms with Crippen LogP contribution in [-0.2, 0) is 0 Å². The van der Waals surface area contributed by atoms with Crippen LogP contribution in [0.1, 0.15) is 6.92 Å². The number of anilines is 1. The molecule has 21 heavy (non-hydrogen) atoms. The first kappa shape index (κ1) is 13.2. The second kappa shape index (κ2) is 5.66. The van der Waals surface area contributed by atoms with E-state index in [9.17, 15) is 4.39 Å². The molecule has 2 aromatic heterocycles. The number of aromatic nitrogens is 5. The molecule has 0 atom stereocenters. The second-order valence-corrected chi connectivity index (χ2v) is 4.27. The monoisotopic (exact) mass is 284 g/mol. The Labute approximate surface area is 120 Å². The van der Waals surface area contributed by atoms with E-state index in [1.54, 1.807) is 30.6 Å². The lowest BCUT2D eigenvalue weighted by molar-refractivity contribution is 0.628. The van der Waals surface area contributed by atoms with Crippen LogP contribution in [0.15, 0.2) is 42.7 Å². The van der Waals surface area contributed by atoms with Gasteiger partial charge in [-0.05, 0) is 25.1 Å². The third kappa shape index (κ3) is 2.86. The summed E-state index contributed by atoms with van der Waals surface area (Å²) in [7, 11) is 0. The number of rotatable bonds is 4. The Kier molecular flexibility index (Phi) is 3.55. The lowest BCUT2D eigenvalue weighted by atomic mass is 10.2. The maximum atomic E-state index is 13.4. The van der Waals surface area contributed by atoms with Gasteiger partial charge >= 0.3 is 0 Å². The molecule has 0 radical (unpaired) electrons. The van der Waals surface area contributed by atoms with Crippen molar-refractivity contribution in [2.24, 2.45) is 0 Å². The van der Waals surface area contributed by atoms with Gasteiger partial charge in [0.2, 0.25) is 5.95 Å². The fourth-order valence-corrected chi connectivity index (χ4v) is 1.85. The molecule has 0 aliphatic rings. The van der Waals surface area contributed by atoms with E-state index < -0.39 is 0 Å². The average molecular weight is 284 g/mol. The molecule has 0 amide bonds. The Morgan fingerprint density at radius 2 is 2.10 bits per heavy atom. The smallest absolute Gasteiger partial charge is 0.255 e. The van der Waals surface area contributed by atoms with Crippen molar-refractivity contribution in [3.63, 3.8) is 0 Å². The number of halogens is 1. The molecule has 0 aliphatic carbocycles. The summed E-state index contributed by atoms with van der Waals surface area (Å²) in [5.74, 6) is 0.868. The number of hydrogen-bond acceptors (Lipinski definition) is 5. The summed E-state index contributed by atoms with van der Waals surface area (Å²) in [5.41, 5.74) is 0.588. The zero-order valence-corrected chi connectivity index (χ0v) is 11.4. The molecule has 7 heteroatoms. The predicted molar refractivity (Wildman–Crippen MR) is 76.5 cm³/mol. The topological polar surface area (TPSA) is 68.5 Å². The van der Waals surface area contributed by atoms with Gasteiger partial charge in [0.15, 0.2) is 5.82 Å². The molecule has 0 bridgehead atoms. The van der Waals surface area contributed by atoms with E-state index >= 15 is 0 Å². The van der Waals surface area contributed by atoms with Gasteiger partial charge in [0, 0.05) is 24.5 Å². The summed E-state index contributed by atoms with van der Waals surface area (Å²) in [4.78, 5) is 12.9. The Morgan fingerprint density at radius 3 is 2.81 bits per heavy atom. The molecular formula is C14H13FN6. The van der Waals surface area contributed by atoms with Crippen molar-refractivity contribution >= 4 is 5.95 Å². The molecular weight excluding hydrogens is 271 g/mol. The van der Waals surface area contributed by atoms with Crippen molar-refractivity contribution in [2.75, 3.05) is 11.9 Å². The minimum atomic E-state index is -0.335. The summed E-state index contributed by atoms with van der Waals surface area (Å²) in [5, 5.41) is 7.14. The summed E-state index contributed by atoms with van der Waals surface area (Å²) in [6, 6.07) is 7.91. The molecule has 0 fully saturated rings. The highest BCUT2D eigenvalue weighted by Crippen LogP contribution is 2.18. The number of nitrogens with one attached hydrogen (secondary N) is 1. The van der Waals surface area contributed by atoms with Crippen LogP contribution in [0.5, 0.6) is 0 Å². The number of hydrogen-bond donors (Lipinski definition) is 1. The van der Waals surface area contributed by atoms with E-state index in [0.29, 0.717) is 29.8 Å². The Hall–Kier alpha value is -2.83. The van der Waals surface area contributed by atoms with E-state index in [1.807, 2.05) is 6.92 Å². The molecule has 106 valence electrons. The van der Waals surface area contributed by atoms with Crippen LogP contribution in [0.3, 0.4) is 0 Å². The molecule has 0 saturated heterocycles. The quantitative estimate of drug-likeness (QED) is 0.796. The third-order valence-corrected chi connectivity index (χ3v) is 2.75. The van der Waals surface area contributed by atoms with E-state index in [0.717, 1.165) is 0 Å². The number of benzene rings is 1. The van der Waals surface area contributed by atoms with Crippen LogP contribution < -0.4 is 5.32 Å². The Bertz CT molecular complexity index is 741. The Balaban J connectivity index is 2.11. The zero-order chi connectivity index (χ0) is 14.7. The molecule has 0 saturated carbocycles. The summed E-state index contributed by atoms with van der Waals surface area (Å²) in [6.07, 6.45) is 3.37. The van der Waals surface area contributed by atoms with E-state index in [4.69, 9.17) is 0 Å². The van der Waals surface area contributed by atoms with Crippen LogP contribution >= 0.6 is 0 Å². The van der Waals surface area contributed by atoms with Crippen LogP contribution in [0.25, 0.3) is 17.3 Å². The highest BCUT2D eigenvalue weighted by molar-refractivity contribution is 5.56. The van der Waals surface area contributed by atoms with Gasteiger partial charge in [0.25, 0.3) is 5.95 Å². The molecule has 2 heterocycles. The summed E-state index contributed by atoms with van der Waals surface area (Å²) < 4.78 is 14.9. The van der Waals surface area contributed by atoms with Crippen molar-refractivity contribution in [1.82, 2.24) is 24.7 Å². The molecule has 6 nitrogen and oxygen atoms in total. The zero-order valence-electron chi connectivity index (χ0n) is 11.4. The maximum absolute atomic E-state index is 13.4. The molecule has 1 aromatic carbocycles. The van der Waals surface area contributed by atoms with Crippen molar-refractivity contribution in [1.29, 1.82) is 0 Å². The lowest BCUT2D eigenvalue weighted by Gasteiger charge is -2.07. The van der Waals surface area contributed by atoms with Gasteiger partial charge in [-0.2, -0.15) is 20.1 Å². The standard InChI is InChI=1S/C14H13FN6/c1-2-16-13-18-12(10-5-3-6-11(15)9-10)19-14(20-13)21-8-4-7-17-21/h3-9H,2H2,1H3,(H,16,18,19,20). The maximum Gasteiger partial charge on any atom is 0.255 e. The van der Waals surface area contributed by atoms with E-state index in [1.165, 1.54) is 16.8 Å². The van der Waals surface area contributed by atoms with Crippen molar-refractivity contribution in [3.8, 4) is 17.3 Å². The molecule has 1 N–H and O–H groups in total. The van der Waals surface area contributed by atoms with E-state index in [-0.39, 0.29) is 5.82 Å². The first-order valence-electron chi connectivity index (χ1n) is 6.52. The van der Waals surface area contributed by atoms with Gasteiger partial charge in [0.1, 0.15) is 5.82 Å². The van der Waals surface area contributed by atoms with Gasteiger partial charge in [0.05, 0.1) is 0 Å². The van der Waals surface area contributed by atoms with E-state index in [2.05, 4.69) is 25.4 Å². The molecule has 0 aliphatic heterocycles. The highest BCUT2D eigenvalue weighted by atomic mass is 19.1. The van der Waals surface area contributed by atoms with Crippen LogP contribution in [0, 0.1) is 5.82 Å². The van der Waals surface area contributed by atoms with Crippen LogP contribution in [0.4, 0.5) is 10.3 Å². The van der Waals surface area contributed by atoms with Crippen molar-refractivity contribution < 1.29 is 4.39 Å². The normalized spacial score (nSPS) is 10.6. The fourth-order valence-electron chi connectivity index (χ4n) is 1.85. The van der Waals surface area contributed by atoms with Gasteiger partial charge in [-0.15, -0.1) is 0 Å². The number of nitrogens with zero attached hydrogens (tertiary/aromatic N) is 5. The van der Waals surface area contributed by atoms with Gasteiger partial charge < -0.3 is 5.32 Å². The second-order valence-electron chi connectivity index (χ2n) is 4.27. The first-order chi connectivity index (χ1) is 10.3. The van der Waals surface area contributed by atoms with Gasteiger partial charge in [-0.1, -0.05) is 12.1 Å². The SMILES string of the molecule is CCNc1nc(-c2cccc(F)c2)nc(-n2cccn2)n1. The fraction of sp³-hybridized carbons (Fsp3) is 0.143. The first-order valence-corrected chi connectivity index (χ1v) is 6.52. The predicted octanol–water partition coefficient (Wildman–Crippen LogP) is 2.30. The summed E-state index contributed by atoms with van der Waals surface area (Å²) >= 11 is 0. The van der Waals surface area contributed by atoms with Gasteiger partial charge in [-0.3, -0.25) is 0 Å². The minimum Gasteiger partial charge on any atom is -0.354 e. The van der Waals surface area contributed by atoms with Gasteiger partial charge in [-0.25, -0.2) is 9.07 Å². The lowest BCUT2D eigenvalue weighted by Crippen LogP contribution is -2.10.